The van der Waals surface area contributed by atoms with Gasteiger partial charge in [0.1, 0.15) is 30.1 Å². The number of benzene rings is 1. The molecule has 0 bridgehead atoms. The molecule has 254 valence electrons. The lowest BCUT2D eigenvalue weighted by atomic mass is 9.44. The second-order valence-corrected chi connectivity index (χ2v) is 16.2. The van der Waals surface area contributed by atoms with Crippen LogP contribution in [-0.4, -0.2) is 41.6 Å². The summed E-state index contributed by atoms with van der Waals surface area (Å²) in [5.74, 6) is 2.04. The van der Waals surface area contributed by atoms with E-state index in [1.807, 2.05) is 30.3 Å². The molecule has 46 heavy (non-hydrogen) atoms. The van der Waals surface area contributed by atoms with Gasteiger partial charge in [-0.15, -0.1) is 0 Å². The molecule has 8 heteroatoms. The number of carbonyl (C=O) groups excluding carboxylic acids is 4. The fraction of sp³-hybridized carbons (Fsp3) is 0.737. The van der Waals surface area contributed by atoms with Crippen molar-refractivity contribution in [3.63, 3.8) is 0 Å². The summed E-state index contributed by atoms with van der Waals surface area (Å²) in [4.78, 5) is 51.3. The van der Waals surface area contributed by atoms with Crippen molar-refractivity contribution >= 4 is 23.8 Å². The number of amides is 1. The standard InChI is InChI=1S/C38H55NO7/c1-24(40)29-14-15-30-28-13-12-26-22-27(18-20-37(26,5)31(28)19-21-38(29,30)6)45-34(42)32(39-35(43)46-36(2,3)4)16-17-33(41)44-23-25-10-8-7-9-11-25/h7-11,26-32H,12-23H2,1-6H3,(H,39,43)/t26-,27-,28?,29?,30?,31?,32+,37+,38-/m1/s1. The zero-order chi connectivity index (χ0) is 33.3. The minimum atomic E-state index is -1.02. The quantitative estimate of drug-likeness (QED) is 0.220. The molecule has 9 atom stereocenters. The number of fused-ring (bicyclic) bond motifs is 5. The van der Waals surface area contributed by atoms with Crippen molar-refractivity contribution in [2.75, 3.05) is 0 Å². The number of ketones is 1. The monoisotopic (exact) mass is 637 g/mol. The highest BCUT2D eigenvalue weighted by molar-refractivity contribution is 5.82. The van der Waals surface area contributed by atoms with Crippen LogP contribution in [0.1, 0.15) is 118 Å². The summed E-state index contributed by atoms with van der Waals surface area (Å²) in [6, 6.07) is 8.39. The van der Waals surface area contributed by atoms with E-state index < -0.39 is 29.7 Å². The molecule has 0 heterocycles. The Morgan fingerprint density at radius 3 is 2.30 bits per heavy atom. The van der Waals surface area contributed by atoms with Crippen molar-refractivity contribution in [2.24, 2.45) is 40.4 Å². The van der Waals surface area contributed by atoms with Crippen LogP contribution in [0.4, 0.5) is 4.79 Å². The zero-order valence-electron chi connectivity index (χ0n) is 28.8. The lowest BCUT2D eigenvalue weighted by Gasteiger charge is -2.61. The van der Waals surface area contributed by atoms with Crippen LogP contribution in [0.25, 0.3) is 0 Å². The number of Topliss-reactive ketones (excluding diaryl/α,β-unsaturated/α-hetero) is 1. The van der Waals surface area contributed by atoms with Crippen molar-refractivity contribution in [2.45, 2.75) is 137 Å². The van der Waals surface area contributed by atoms with Crippen LogP contribution in [0.5, 0.6) is 0 Å². The van der Waals surface area contributed by atoms with E-state index in [1.165, 1.54) is 19.3 Å². The van der Waals surface area contributed by atoms with Gasteiger partial charge in [-0.25, -0.2) is 9.59 Å². The van der Waals surface area contributed by atoms with Crippen LogP contribution in [0, 0.1) is 40.4 Å². The molecule has 1 amide bonds. The van der Waals surface area contributed by atoms with Gasteiger partial charge in [-0.2, -0.15) is 0 Å². The first-order chi connectivity index (χ1) is 21.7. The summed E-state index contributed by atoms with van der Waals surface area (Å²) < 4.78 is 16.9. The lowest BCUT2D eigenvalue weighted by Crippen LogP contribution is -2.54. The average Bonchev–Trinajstić information content (AvgIpc) is 3.35. The van der Waals surface area contributed by atoms with Crippen LogP contribution < -0.4 is 5.32 Å². The van der Waals surface area contributed by atoms with Gasteiger partial charge >= 0.3 is 18.0 Å². The van der Waals surface area contributed by atoms with Crippen LogP contribution in [-0.2, 0) is 35.2 Å². The molecule has 5 rings (SSSR count). The largest absolute Gasteiger partial charge is 0.461 e. The maximum Gasteiger partial charge on any atom is 0.408 e. The fourth-order valence-corrected chi connectivity index (χ4v) is 10.0. The Morgan fingerprint density at radius 2 is 1.61 bits per heavy atom. The van der Waals surface area contributed by atoms with E-state index in [9.17, 15) is 19.2 Å². The third-order valence-corrected chi connectivity index (χ3v) is 12.2. The molecule has 1 N–H and O–H groups in total. The molecule has 0 saturated heterocycles. The molecule has 0 aliphatic heterocycles. The van der Waals surface area contributed by atoms with Gasteiger partial charge in [-0.05, 0) is 132 Å². The zero-order valence-corrected chi connectivity index (χ0v) is 28.8. The smallest absolute Gasteiger partial charge is 0.408 e. The minimum Gasteiger partial charge on any atom is -0.461 e. The Kier molecular flexibility index (Phi) is 10.2. The molecule has 4 unspecified atom stereocenters. The highest BCUT2D eigenvalue weighted by Crippen LogP contribution is 2.67. The molecule has 4 aliphatic rings. The van der Waals surface area contributed by atoms with Crippen molar-refractivity contribution in [3.05, 3.63) is 35.9 Å². The second-order valence-electron chi connectivity index (χ2n) is 16.2. The van der Waals surface area contributed by atoms with Crippen molar-refractivity contribution in [3.8, 4) is 0 Å². The van der Waals surface area contributed by atoms with E-state index in [2.05, 4.69) is 19.2 Å². The van der Waals surface area contributed by atoms with Crippen molar-refractivity contribution in [1.82, 2.24) is 5.32 Å². The Balaban J connectivity index is 1.19. The fourth-order valence-electron chi connectivity index (χ4n) is 10.0. The maximum atomic E-state index is 13.5. The summed E-state index contributed by atoms with van der Waals surface area (Å²) in [6.07, 6.45) is 8.54. The third kappa shape index (κ3) is 7.46. The number of esters is 2. The Bertz CT molecular complexity index is 1270. The van der Waals surface area contributed by atoms with Crippen molar-refractivity contribution in [1.29, 1.82) is 0 Å². The summed E-state index contributed by atoms with van der Waals surface area (Å²) in [5.41, 5.74) is 0.496. The average molecular weight is 638 g/mol. The van der Waals surface area contributed by atoms with Crippen molar-refractivity contribution < 1.29 is 33.4 Å². The predicted octanol–water partition coefficient (Wildman–Crippen LogP) is 7.56. The second kappa shape index (κ2) is 13.7. The number of hydrogen-bond donors (Lipinski definition) is 1. The molecule has 0 spiro atoms. The number of rotatable bonds is 9. The van der Waals surface area contributed by atoms with Gasteiger partial charge in [0.15, 0.2) is 0 Å². The number of ether oxygens (including phenoxy) is 3. The number of nitrogens with one attached hydrogen (secondary N) is 1. The molecular formula is C38H55NO7. The Labute approximate surface area is 275 Å². The first-order valence-corrected chi connectivity index (χ1v) is 17.6. The molecule has 1 aromatic rings. The first kappa shape index (κ1) is 34.4. The first-order valence-electron chi connectivity index (χ1n) is 17.6. The topological polar surface area (TPSA) is 108 Å². The van der Waals surface area contributed by atoms with E-state index in [1.54, 1.807) is 27.7 Å². The van der Waals surface area contributed by atoms with E-state index in [-0.39, 0.29) is 42.3 Å². The van der Waals surface area contributed by atoms with Gasteiger partial charge in [0.05, 0.1) is 0 Å². The molecule has 4 aliphatic carbocycles. The maximum absolute atomic E-state index is 13.5. The van der Waals surface area contributed by atoms with Crippen LogP contribution in [0.2, 0.25) is 0 Å². The van der Waals surface area contributed by atoms with Crippen LogP contribution >= 0.6 is 0 Å². The molecule has 0 radical (unpaired) electrons. The third-order valence-electron chi connectivity index (χ3n) is 12.2. The molecule has 4 saturated carbocycles. The predicted molar refractivity (Wildman–Crippen MR) is 174 cm³/mol. The summed E-state index contributed by atoms with van der Waals surface area (Å²) >= 11 is 0. The Hall–Kier alpha value is -2.90. The molecule has 8 nitrogen and oxygen atoms in total. The molecule has 0 aromatic heterocycles. The number of hydrogen-bond acceptors (Lipinski definition) is 7. The Morgan fingerprint density at radius 1 is 0.913 bits per heavy atom. The molecular weight excluding hydrogens is 582 g/mol. The minimum absolute atomic E-state index is 0.0403. The van der Waals surface area contributed by atoms with Gasteiger partial charge in [-0.3, -0.25) is 9.59 Å². The van der Waals surface area contributed by atoms with E-state index in [4.69, 9.17) is 14.2 Å². The van der Waals surface area contributed by atoms with Gasteiger partial charge in [0, 0.05) is 12.3 Å². The van der Waals surface area contributed by atoms with E-state index in [0.717, 1.165) is 44.1 Å². The number of carbonyl (C=O) groups is 4. The summed E-state index contributed by atoms with van der Waals surface area (Å²) in [6.45, 7) is 12.1. The van der Waals surface area contributed by atoms with Gasteiger partial charge in [-0.1, -0.05) is 44.2 Å². The summed E-state index contributed by atoms with van der Waals surface area (Å²) in [5, 5.41) is 2.66. The SMILES string of the molecule is CC(=O)C1CCC2C3CC[C@@H]4C[C@H](OC(=O)[C@H](CCC(=O)OCc5ccccc5)NC(=O)OC(C)(C)C)CC[C@]4(C)C3CC[C@]12C. The van der Waals surface area contributed by atoms with E-state index in [0.29, 0.717) is 29.5 Å². The van der Waals surface area contributed by atoms with E-state index >= 15 is 0 Å². The highest BCUT2D eigenvalue weighted by Gasteiger charge is 2.61. The summed E-state index contributed by atoms with van der Waals surface area (Å²) in [7, 11) is 0. The normalized spacial score (nSPS) is 34.2. The molecule has 1 aromatic carbocycles. The van der Waals surface area contributed by atoms with Crippen LogP contribution in [0.3, 0.4) is 0 Å². The molecule has 4 fully saturated rings. The van der Waals surface area contributed by atoms with Gasteiger partial charge in [0.2, 0.25) is 0 Å². The highest BCUT2D eigenvalue weighted by atomic mass is 16.6. The number of alkyl carbamates (subject to hydrolysis) is 1. The van der Waals surface area contributed by atoms with Crippen LogP contribution in [0.15, 0.2) is 30.3 Å². The lowest BCUT2D eigenvalue weighted by molar-refractivity contribution is -0.165. The van der Waals surface area contributed by atoms with Gasteiger partial charge in [0.25, 0.3) is 0 Å². The van der Waals surface area contributed by atoms with Gasteiger partial charge < -0.3 is 19.5 Å².